The quantitative estimate of drug-likeness (QED) is 0.168. The Labute approximate surface area is 218 Å². The van der Waals surface area contributed by atoms with Crippen LogP contribution in [0.4, 0.5) is 0 Å². The zero-order chi connectivity index (χ0) is 25.5. The third-order valence-corrected chi connectivity index (χ3v) is 9.23. The fourth-order valence-corrected chi connectivity index (χ4v) is 6.82. The van der Waals surface area contributed by atoms with E-state index in [4.69, 9.17) is 11.6 Å². The first-order valence-electron chi connectivity index (χ1n) is 14.2. The molecule has 2 aromatic rings. The van der Waals surface area contributed by atoms with E-state index in [0.29, 0.717) is 28.7 Å². The van der Waals surface area contributed by atoms with Gasteiger partial charge in [0.05, 0.1) is 17.2 Å². The minimum Gasteiger partial charge on any atom is -0.294 e. The molecule has 0 aromatic carbocycles. The van der Waals surface area contributed by atoms with E-state index < -0.39 is 9.84 Å². The molecule has 1 unspecified atom stereocenters. The summed E-state index contributed by atoms with van der Waals surface area (Å²) in [5, 5.41) is 12.3. The number of aromatic amines is 1. The van der Waals surface area contributed by atoms with Gasteiger partial charge in [-0.3, -0.25) is 5.10 Å². The first-order valence-corrected chi connectivity index (χ1v) is 16.4. The summed E-state index contributed by atoms with van der Waals surface area (Å²) >= 11 is 6.49. The first-order chi connectivity index (χ1) is 16.9. The van der Waals surface area contributed by atoms with Crippen LogP contribution in [0.5, 0.6) is 0 Å². The first kappa shape index (κ1) is 30.1. The Hall–Kier alpha value is -1.08. The number of aryl methyl sites for hydroxylation is 2. The molecule has 0 aliphatic carbocycles. The largest absolute Gasteiger partial charge is 0.294 e. The molecule has 6 nitrogen and oxygen atoms in total. The van der Waals surface area contributed by atoms with Crippen LogP contribution in [-0.4, -0.2) is 39.7 Å². The van der Waals surface area contributed by atoms with Gasteiger partial charge in [0.1, 0.15) is 5.02 Å². The van der Waals surface area contributed by atoms with Gasteiger partial charge in [0.25, 0.3) is 0 Å². The molecule has 2 rings (SSSR count). The Bertz CT molecular complexity index is 939. The normalized spacial score (nSPS) is 13.1. The van der Waals surface area contributed by atoms with E-state index in [2.05, 4.69) is 36.1 Å². The number of hydrogen-bond acceptors (Lipinski definition) is 4. The van der Waals surface area contributed by atoms with Crippen molar-refractivity contribution in [3.63, 3.8) is 0 Å². The summed E-state index contributed by atoms with van der Waals surface area (Å²) in [4.78, 5) is 0. The molecule has 2 heterocycles. The second-order valence-corrected chi connectivity index (χ2v) is 12.9. The van der Waals surface area contributed by atoms with Crippen LogP contribution in [-0.2, 0) is 22.7 Å². The lowest BCUT2D eigenvalue weighted by Gasteiger charge is -2.17. The van der Waals surface area contributed by atoms with Crippen LogP contribution in [0.15, 0.2) is 0 Å². The lowest BCUT2D eigenvalue weighted by molar-refractivity contribution is 0.431. The number of nitrogens with one attached hydrogen (secondary N) is 1. The zero-order valence-corrected chi connectivity index (χ0v) is 24.0. The molecule has 0 saturated heterocycles. The number of sulfone groups is 1. The Balaban J connectivity index is 1.92. The lowest BCUT2D eigenvalue weighted by Crippen LogP contribution is -2.21. The molecule has 0 amide bonds. The molecule has 202 valence electrons. The molecular weight excluding hydrogens is 480 g/mol. The highest BCUT2D eigenvalue weighted by molar-refractivity contribution is 7.91. The Morgan fingerprint density at radius 1 is 0.800 bits per heavy atom. The maximum atomic E-state index is 13.1. The van der Waals surface area contributed by atoms with Crippen molar-refractivity contribution in [3.8, 4) is 0 Å². The SMILES string of the molecule is CCCCCCCCC(CCCCCC)CS(=O)(=O)CCc1nnc2c(Cl)c(CCCCC)[nH]n12. The van der Waals surface area contributed by atoms with Crippen LogP contribution in [0.1, 0.15) is 129 Å². The van der Waals surface area contributed by atoms with Crippen LogP contribution in [0.3, 0.4) is 0 Å². The van der Waals surface area contributed by atoms with Crippen LogP contribution in [0.2, 0.25) is 5.02 Å². The molecule has 0 saturated carbocycles. The smallest absolute Gasteiger partial charge is 0.196 e. The fraction of sp³-hybridized carbons (Fsp3) is 0.852. The second-order valence-electron chi connectivity index (χ2n) is 10.3. The summed E-state index contributed by atoms with van der Waals surface area (Å²) in [7, 11) is -3.17. The molecule has 0 aliphatic rings. The van der Waals surface area contributed by atoms with Crippen molar-refractivity contribution in [2.24, 2.45) is 5.92 Å². The van der Waals surface area contributed by atoms with E-state index in [1.807, 2.05) is 0 Å². The van der Waals surface area contributed by atoms with Crippen LogP contribution in [0.25, 0.3) is 5.65 Å². The molecule has 2 aromatic heterocycles. The number of nitrogens with zero attached hydrogens (tertiary/aromatic N) is 3. The number of hydrogen-bond donors (Lipinski definition) is 1. The van der Waals surface area contributed by atoms with Gasteiger partial charge < -0.3 is 0 Å². The van der Waals surface area contributed by atoms with Gasteiger partial charge in [0, 0.05) is 6.42 Å². The van der Waals surface area contributed by atoms with Gasteiger partial charge >= 0.3 is 0 Å². The number of H-pyrrole nitrogens is 1. The van der Waals surface area contributed by atoms with E-state index in [-0.39, 0.29) is 11.7 Å². The van der Waals surface area contributed by atoms with Gasteiger partial charge in [-0.2, -0.15) is 0 Å². The maximum Gasteiger partial charge on any atom is 0.196 e. The molecule has 1 N–H and O–H groups in total. The number of fused-ring (bicyclic) bond motifs is 1. The van der Waals surface area contributed by atoms with Crippen LogP contribution in [0, 0.1) is 5.92 Å². The molecule has 0 radical (unpaired) electrons. The monoisotopic (exact) mass is 528 g/mol. The van der Waals surface area contributed by atoms with E-state index >= 15 is 0 Å². The number of unbranched alkanes of at least 4 members (excludes halogenated alkanes) is 10. The van der Waals surface area contributed by atoms with Gasteiger partial charge in [0.2, 0.25) is 0 Å². The summed E-state index contributed by atoms with van der Waals surface area (Å²) in [6.45, 7) is 6.62. The summed E-state index contributed by atoms with van der Waals surface area (Å²) in [5.74, 6) is 1.32. The standard InChI is InChI=1S/C27H49ClN4O2S/c1-4-7-10-12-13-16-18-23(17-15-11-8-5-2)22-35(33,34)21-20-25-29-30-27-26(28)24(31-32(25)27)19-14-9-6-3/h23,31H,4-22H2,1-3H3. The van der Waals surface area contributed by atoms with E-state index in [1.54, 1.807) is 4.52 Å². The minimum absolute atomic E-state index is 0.109. The van der Waals surface area contributed by atoms with Gasteiger partial charge in [-0.15, -0.1) is 10.2 Å². The van der Waals surface area contributed by atoms with Crippen molar-refractivity contribution >= 4 is 27.1 Å². The highest BCUT2D eigenvalue weighted by Crippen LogP contribution is 2.24. The highest BCUT2D eigenvalue weighted by atomic mass is 35.5. The van der Waals surface area contributed by atoms with Crippen LogP contribution < -0.4 is 0 Å². The van der Waals surface area contributed by atoms with Gasteiger partial charge in [-0.05, 0) is 31.6 Å². The van der Waals surface area contributed by atoms with Crippen molar-refractivity contribution < 1.29 is 8.42 Å². The van der Waals surface area contributed by atoms with E-state index in [9.17, 15) is 8.42 Å². The Morgan fingerprint density at radius 3 is 2.03 bits per heavy atom. The van der Waals surface area contributed by atoms with Gasteiger partial charge in [-0.1, -0.05) is 109 Å². The summed E-state index contributed by atoms with van der Waals surface area (Å²) in [5.41, 5.74) is 1.56. The third-order valence-electron chi connectivity index (χ3n) is 7.03. The summed E-state index contributed by atoms with van der Waals surface area (Å²) in [6, 6.07) is 0. The topological polar surface area (TPSA) is 80.1 Å². The predicted octanol–water partition coefficient (Wildman–Crippen LogP) is 7.74. The Morgan fingerprint density at radius 2 is 1.37 bits per heavy atom. The molecule has 35 heavy (non-hydrogen) atoms. The second kappa shape index (κ2) is 16.6. The number of aromatic nitrogens is 4. The summed E-state index contributed by atoms with van der Waals surface area (Å²) in [6.07, 6.45) is 18.9. The molecule has 0 aliphatic heterocycles. The van der Waals surface area contributed by atoms with Crippen molar-refractivity contribution in [2.75, 3.05) is 11.5 Å². The van der Waals surface area contributed by atoms with E-state index in [1.165, 1.54) is 51.4 Å². The predicted molar refractivity (Wildman–Crippen MR) is 148 cm³/mol. The fourth-order valence-electron chi connectivity index (χ4n) is 4.85. The zero-order valence-electron chi connectivity index (χ0n) is 22.5. The molecule has 0 bridgehead atoms. The molecule has 0 fully saturated rings. The third kappa shape index (κ3) is 10.8. The lowest BCUT2D eigenvalue weighted by atomic mass is 9.96. The summed E-state index contributed by atoms with van der Waals surface area (Å²) < 4.78 is 28.0. The van der Waals surface area contributed by atoms with Crippen molar-refractivity contribution in [1.29, 1.82) is 0 Å². The molecule has 8 heteroatoms. The molecule has 1 atom stereocenters. The van der Waals surface area contributed by atoms with E-state index in [0.717, 1.165) is 57.1 Å². The Kier molecular flexibility index (Phi) is 14.3. The van der Waals surface area contributed by atoms with Gasteiger partial charge in [0.15, 0.2) is 21.3 Å². The van der Waals surface area contributed by atoms with Crippen LogP contribution >= 0.6 is 11.6 Å². The van der Waals surface area contributed by atoms with Crippen molar-refractivity contribution in [2.45, 2.75) is 130 Å². The number of rotatable bonds is 21. The minimum atomic E-state index is -3.17. The maximum absolute atomic E-state index is 13.1. The number of halogens is 1. The average molecular weight is 529 g/mol. The van der Waals surface area contributed by atoms with Gasteiger partial charge in [-0.25, -0.2) is 12.9 Å². The van der Waals surface area contributed by atoms with Crippen molar-refractivity contribution in [1.82, 2.24) is 19.8 Å². The van der Waals surface area contributed by atoms with Crippen molar-refractivity contribution in [3.05, 3.63) is 16.5 Å². The molecular formula is C27H49ClN4O2S. The average Bonchev–Trinajstić information content (AvgIpc) is 3.37. The molecule has 0 spiro atoms. The highest BCUT2D eigenvalue weighted by Gasteiger charge is 2.22.